The minimum absolute atomic E-state index is 0.0162. The number of fused-ring (bicyclic) bond motifs is 3. The normalized spacial score (nSPS) is 21.8. The zero-order chi connectivity index (χ0) is 25.2. The topological polar surface area (TPSA) is 95.9 Å². The molecule has 0 spiro atoms. The third-order valence-electron chi connectivity index (χ3n) is 7.73. The second-order valence-corrected chi connectivity index (χ2v) is 10.2. The molecule has 1 unspecified atom stereocenters. The van der Waals surface area contributed by atoms with Crippen molar-refractivity contribution < 1.29 is 24.2 Å². The lowest BCUT2D eigenvalue weighted by molar-refractivity contribution is -0.149. The summed E-state index contributed by atoms with van der Waals surface area (Å²) in [7, 11) is 0. The molecular formula is C28H34N2O5. The Morgan fingerprint density at radius 2 is 1.71 bits per heavy atom. The summed E-state index contributed by atoms with van der Waals surface area (Å²) in [4.78, 5) is 38.2. The van der Waals surface area contributed by atoms with Gasteiger partial charge in [-0.3, -0.25) is 9.59 Å². The van der Waals surface area contributed by atoms with Gasteiger partial charge in [0.25, 0.3) is 0 Å². The molecule has 1 aliphatic heterocycles. The Labute approximate surface area is 206 Å². The maximum atomic E-state index is 12.6. The van der Waals surface area contributed by atoms with Crippen molar-refractivity contribution in [2.75, 3.05) is 26.2 Å². The Balaban J connectivity index is 1.21. The van der Waals surface area contributed by atoms with Crippen LogP contribution in [0.3, 0.4) is 0 Å². The summed E-state index contributed by atoms with van der Waals surface area (Å²) in [5.74, 6) is -0.875. The standard InChI is InChI=1S/C28H34N2O5/c1-18(12-13-25(31)30-15-19(2)28(3,17-30)26(32)33)14-29-27(34)35-16-24-22-10-6-4-8-20(22)21-9-5-7-11-23(21)24/h4-11,18-19,24H,12-17H2,1-3H3,(H,29,34)(H,32,33)/t18?,19-,28-/m0/s1. The van der Waals surface area contributed by atoms with Crippen molar-refractivity contribution in [3.63, 3.8) is 0 Å². The molecule has 1 aliphatic carbocycles. The predicted octanol–water partition coefficient (Wildman–Crippen LogP) is 4.51. The van der Waals surface area contributed by atoms with Crippen LogP contribution in [0.25, 0.3) is 11.1 Å². The van der Waals surface area contributed by atoms with E-state index < -0.39 is 17.5 Å². The number of carboxylic acid groups (broad SMARTS) is 1. The van der Waals surface area contributed by atoms with Gasteiger partial charge in [-0.05, 0) is 47.4 Å². The SMILES string of the molecule is CC(CCC(=O)N1C[C@H](C)[C@@](C)(C(=O)O)C1)CNC(=O)OCC1c2ccccc2-c2ccccc21. The average Bonchev–Trinajstić information content (AvgIpc) is 3.34. The fraction of sp³-hybridized carbons (Fsp3) is 0.464. The third-order valence-corrected chi connectivity index (χ3v) is 7.73. The van der Waals surface area contributed by atoms with Crippen molar-refractivity contribution in [2.45, 2.75) is 39.5 Å². The van der Waals surface area contributed by atoms with Gasteiger partial charge in [-0.15, -0.1) is 0 Å². The molecule has 0 saturated carbocycles. The van der Waals surface area contributed by atoms with Crippen molar-refractivity contribution >= 4 is 18.0 Å². The molecule has 7 nitrogen and oxygen atoms in total. The van der Waals surface area contributed by atoms with Gasteiger partial charge in [0.15, 0.2) is 0 Å². The van der Waals surface area contributed by atoms with Crippen LogP contribution >= 0.6 is 0 Å². The highest BCUT2D eigenvalue weighted by molar-refractivity contribution is 5.81. The molecule has 0 aromatic heterocycles. The van der Waals surface area contributed by atoms with Gasteiger partial charge in [0.1, 0.15) is 6.61 Å². The minimum Gasteiger partial charge on any atom is -0.481 e. The average molecular weight is 479 g/mol. The number of likely N-dealkylation sites (tertiary alicyclic amines) is 1. The number of nitrogens with zero attached hydrogens (tertiary/aromatic N) is 1. The number of carboxylic acids is 1. The lowest BCUT2D eigenvalue weighted by atomic mass is 9.81. The molecular weight excluding hydrogens is 444 g/mol. The Morgan fingerprint density at radius 1 is 1.11 bits per heavy atom. The molecule has 3 atom stereocenters. The van der Waals surface area contributed by atoms with Gasteiger partial charge < -0.3 is 20.1 Å². The number of hydrogen-bond acceptors (Lipinski definition) is 4. The van der Waals surface area contributed by atoms with Crippen LogP contribution in [0.1, 0.15) is 50.7 Å². The Hall–Kier alpha value is -3.35. The smallest absolute Gasteiger partial charge is 0.407 e. The van der Waals surface area contributed by atoms with Crippen molar-refractivity contribution in [1.29, 1.82) is 0 Å². The lowest BCUT2D eigenvalue weighted by Crippen LogP contribution is -2.36. The highest BCUT2D eigenvalue weighted by Gasteiger charge is 2.47. The molecule has 4 rings (SSSR count). The van der Waals surface area contributed by atoms with E-state index in [9.17, 15) is 19.5 Å². The van der Waals surface area contributed by atoms with Gasteiger partial charge in [0.05, 0.1) is 5.41 Å². The number of hydrogen-bond donors (Lipinski definition) is 2. The van der Waals surface area contributed by atoms with Crippen LogP contribution < -0.4 is 5.32 Å². The summed E-state index contributed by atoms with van der Waals surface area (Å²) in [6.07, 6.45) is 0.475. The van der Waals surface area contributed by atoms with Crippen LogP contribution in [0, 0.1) is 17.3 Å². The molecule has 0 radical (unpaired) electrons. The summed E-state index contributed by atoms with van der Waals surface area (Å²) in [6, 6.07) is 16.4. The van der Waals surface area contributed by atoms with Crippen molar-refractivity contribution in [2.24, 2.45) is 17.3 Å². The molecule has 2 amide bonds. The summed E-state index contributed by atoms with van der Waals surface area (Å²) < 4.78 is 5.57. The van der Waals surface area contributed by atoms with E-state index in [1.807, 2.05) is 38.1 Å². The predicted molar refractivity (Wildman–Crippen MR) is 133 cm³/mol. The number of rotatable bonds is 8. The number of carbonyl (C=O) groups is 3. The largest absolute Gasteiger partial charge is 0.481 e. The van der Waals surface area contributed by atoms with Crippen LogP contribution in [0.4, 0.5) is 4.79 Å². The van der Waals surface area contributed by atoms with Gasteiger partial charge in [0, 0.05) is 32.0 Å². The first kappa shape index (κ1) is 24.8. The summed E-state index contributed by atoms with van der Waals surface area (Å²) in [6.45, 7) is 6.94. The summed E-state index contributed by atoms with van der Waals surface area (Å²) in [5, 5.41) is 12.3. The maximum absolute atomic E-state index is 12.6. The Morgan fingerprint density at radius 3 is 2.29 bits per heavy atom. The van der Waals surface area contributed by atoms with Crippen LogP contribution in [0.15, 0.2) is 48.5 Å². The molecule has 2 aliphatic rings. The maximum Gasteiger partial charge on any atom is 0.407 e. The number of aliphatic carboxylic acids is 1. The number of carbonyl (C=O) groups excluding carboxylic acids is 2. The van der Waals surface area contributed by atoms with Crippen LogP contribution in [0.2, 0.25) is 0 Å². The van der Waals surface area contributed by atoms with E-state index in [0.29, 0.717) is 25.9 Å². The molecule has 1 fully saturated rings. The van der Waals surface area contributed by atoms with Crippen molar-refractivity contribution in [3.05, 3.63) is 59.7 Å². The highest BCUT2D eigenvalue weighted by atomic mass is 16.5. The van der Waals surface area contributed by atoms with Crippen molar-refractivity contribution in [1.82, 2.24) is 10.2 Å². The molecule has 1 heterocycles. The molecule has 35 heavy (non-hydrogen) atoms. The molecule has 1 saturated heterocycles. The zero-order valence-corrected chi connectivity index (χ0v) is 20.6. The summed E-state index contributed by atoms with van der Waals surface area (Å²) in [5.41, 5.74) is 3.82. The molecule has 2 aromatic carbocycles. The first-order valence-electron chi connectivity index (χ1n) is 12.3. The minimum atomic E-state index is -0.896. The van der Waals surface area contributed by atoms with E-state index in [1.165, 1.54) is 22.3 Å². The molecule has 186 valence electrons. The van der Waals surface area contributed by atoms with E-state index in [0.717, 1.165) is 0 Å². The van der Waals surface area contributed by atoms with E-state index in [4.69, 9.17) is 4.74 Å². The van der Waals surface area contributed by atoms with E-state index in [-0.39, 0.29) is 36.8 Å². The number of ether oxygens (including phenoxy) is 1. The fourth-order valence-corrected chi connectivity index (χ4v) is 5.15. The molecule has 2 aromatic rings. The number of alkyl carbamates (subject to hydrolysis) is 1. The Kier molecular flexibility index (Phi) is 7.15. The quantitative estimate of drug-likeness (QED) is 0.582. The van der Waals surface area contributed by atoms with Gasteiger partial charge >= 0.3 is 12.1 Å². The highest BCUT2D eigenvalue weighted by Crippen LogP contribution is 2.44. The van der Waals surface area contributed by atoms with E-state index in [1.54, 1.807) is 11.8 Å². The zero-order valence-electron chi connectivity index (χ0n) is 20.6. The fourth-order valence-electron chi connectivity index (χ4n) is 5.15. The lowest BCUT2D eigenvalue weighted by Gasteiger charge is -2.22. The van der Waals surface area contributed by atoms with Crippen LogP contribution in [0.5, 0.6) is 0 Å². The number of nitrogens with one attached hydrogen (secondary N) is 1. The third kappa shape index (κ3) is 5.04. The van der Waals surface area contributed by atoms with Gasteiger partial charge in [0.2, 0.25) is 5.91 Å². The monoisotopic (exact) mass is 478 g/mol. The number of benzene rings is 2. The van der Waals surface area contributed by atoms with Gasteiger partial charge in [-0.2, -0.15) is 0 Å². The van der Waals surface area contributed by atoms with Gasteiger partial charge in [-0.25, -0.2) is 4.79 Å². The first-order valence-corrected chi connectivity index (χ1v) is 12.3. The van der Waals surface area contributed by atoms with Gasteiger partial charge in [-0.1, -0.05) is 62.4 Å². The second-order valence-electron chi connectivity index (χ2n) is 10.2. The molecule has 0 bridgehead atoms. The molecule has 2 N–H and O–H groups in total. The first-order chi connectivity index (χ1) is 16.7. The van der Waals surface area contributed by atoms with E-state index in [2.05, 4.69) is 29.6 Å². The van der Waals surface area contributed by atoms with Crippen LogP contribution in [-0.2, 0) is 14.3 Å². The van der Waals surface area contributed by atoms with Crippen molar-refractivity contribution in [3.8, 4) is 11.1 Å². The molecule has 7 heteroatoms. The second kappa shape index (κ2) is 10.1. The summed E-state index contributed by atoms with van der Waals surface area (Å²) >= 11 is 0. The van der Waals surface area contributed by atoms with Crippen LogP contribution in [-0.4, -0.2) is 54.2 Å². The van der Waals surface area contributed by atoms with E-state index >= 15 is 0 Å². The Bertz CT molecular complexity index is 1070. The number of amides is 2.